The van der Waals surface area contributed by atoms with E-state index in [-0.39, 0.29) is 11.9 Å². The minimum Gasteiger partial charge on any atom is -0.344 e. The summed E-state index contributed by atoms with van der Waals surface area (Å²) in [6.45, 7) is 2.99. The lowest BCUT2D eigenvalue weighted by molar-refractivity contribution is -0.128. The van der Waals surface area contributed by atoms with Crippen LogP contribution in [0.4, 0.5) is 0 Å². The molecular weight excluding hydrogens is 236 g/mol. The van der Waals surface area contributed by atoms with Crippen molar-refractivity contribution in [2.75, 3.05) is 13.6 Å². The van der Waals surface area contributed by atoms with E-state index in [2.05, 4.69) is 36.5 Å². The number of amides is 1. The van der Waals surface area contributed by atoms with Crippen LogP contribution in [0.5, 0.6) is 0 Å². The quantitative estimate of drug-likeness (QED) is 0.898. The molecular formula is C16H22N2O. The highest BCUT2D eigenvalue weighted by atomic mass is 16.2. The fourth-order valence-electron chi connectivity index (χ4n) is 2.90. The first-order valence-corrected chi connectivity index (χ1v) is 7.23. The smallest absolute Gasteiger partial charge is 0.239 e. The standard InChI is InChI=1S/C16H22N2O/c1-11-3-5-12(6-4-11)15(13-7-8-13)17-14-9-10-18(2)16(14)19/h3-6,13-15,17H,7-10H2,1-2H3. The van der Waals surface area contributed by atoms with Crippen molar-refractivity contribution in [3.05, 3.63) is 35.4 Å². The second-order valence-corrected chi connectivity index (χ2v) is 5.99. The summed E-state index contributed by atoms with van der Waals surface area (Å²) in [6.07, 6.45) is 3.50. The highest BCUT2D eigenvalue weighted by Gasteiger charge is 2.37. The molecule has 0 radical (unpaired) electrons. The van der Waals surface area contributed by atoms with E-state index < -0.39 is 0 Å². The average molecular weight is 258 g/mol. The number of likely N-dealkylation sites (tertiary alicyclic amines) is 1. The van der Waals surface area contributed by atoms with Crippen LogP contribution >= 0.6 is 0 Å². The molecule has 19 heavy (non-hydrogen) atoms. The lowest BCUT2D eigenvalue weighted by atomic mass is 10.00. The minimum absolute atomic E-state index is 0.0110. The number of likely N-dealkylation sites (N-methyl/N-ethyl adjacent to an activating group) is 1. The molecule has 1 amide bonds. The molecule has 1 aromatic carbocycles. The molecule has 2 atom stereocenters. The number of hydrogen-bond donors (Lipinski definition) is 1. The van der Waals surface area contributed by atoms with Gasteiger partial charge in [-0.05, 0) is 37.7 Å². The van der Waals surface area contributed by atoms with Gasteiger partial charge >= 0.3 is 0 Å². The molecule has 3 nitrogen and oxygen atoms in total. The van der Waals surface area contributed by atoms with Gasteiger partial charge in [-0.25, -0.2) is 0 Å². The van der Waals surface area contributed by atoms with Gasteiger partial charge < -0.3 is 4.90 Å². The van der Waals surface area contributed by atoms with Crippen LogP contribution < -0.4 is 5.32 Å². The van der Waals surface area contributed by atoms with Gasteiger partial charge in [-0.3, -0.25) is 10.1 Å². The largest absolute Gasteiger partial charge is 0.344 e. The Morgan fingerprint density at radius 1 is 1.21 bits per heavy atom. The monoisotopic (exact) mass is 258 g/mol. The van der Waals surface area contributed by atoms with Crippen LogP contribution in [0.25, 0.3) is 0 Å². The van der Waals surface area contributed by atoms with Crippen LogP contribution in [0.15, 0.2) is 24.3 Å². The molecule has 0 bridgehead atoms. The summed E-state index contributed by atoms with van der Waals surface area (Å²) in [4.78, 5) is 13.9. The molecule has 1 aliphatic carbocycles. The normalized spacial score (nSPS) is 24.8. The SMILES string of the molecule is Cc1ccc(C(NC2CCN(C)C2=O)C2CC2)cc1. The van der Waals surface area contributed by atoms with Crippen molar-refractivity contribution in [2.24, 2.45) is 5.92 Å². The first-order chi connectivity index (χ1) is 9.15. The zero-order valence-corrected chi connectivity index (χ0v) is 11.7. The summed E-state index contributed by atoms with van der Waals surface area (Å²) in [5.74, 6) is 0.958. The molecule has 1 aliphatic heterocycles. The Balaban J connectivity index is 1.75. The van der Waals surface area contributed by atoms with Crippen LogP contribution in [0.1, 0.15) is 36.4 Å². The Labute approximate surface area is 115 Å². The van der Waals surface area contributed by atoms with Gasteiger partial charge in [0.05, 0.1) is 6.04 Å². The molecule has 1 N–H and O–H groups in total. The number of aryl methyl sites for hydroxylation is 1. The van der Waals surface area contributed by atoms with Gasteiger partial charge in [0, 0.05) is 19.6 Å². The fraction of sp³-hybridized carbons (Fsp3) is 0.562. The van der Waals surface area contributed by atoms with Crippen molar-refractivity contribution >= 4 is 5.91 Å². The van der Waals surface area contributed by atoms with Gasteiger partial charge in [-0.2, -0.15) is 0 Å². The Hall–Kier alpha value is -1.35. The van der Waals surface area contributed by atoms with E-state index in [1.807, 2.05) is 11.9 Å². The molecule has 2 fully saturated rings. The van der Waals surface area contributed by atoms with Gasteiger partial charge in [0.2, 0.25) is 5.91 Å². The predicted octanol–water partition coefficient (Wildman–Crippen LogP) is 2.27. The third-order valence-electron chi connectivity index (χ3n) is 4.34. The van der Waals surface area contributed by atoms with Crippen LogP contribution in [0.3, 0.4) is 0 Å². The molecule has 0 aromatic heterocycles. The maximum absolute atomic E-state index is 12.0. The number of carbonyl (C=O) groups is 1. The average Bonchev–Trinajstić information content (AvgIpc) is 3.19. The van der Waals surface area contributed by atoms with E-state index in [0.717, 1.165) is 13.0 Å². The maximum Gasteiger partial charge on any atom is 0.239 e. The van der Waals surface area contributed by atoms with E-state index in [9.17, 15) is 4.79 Å². The molecule has 3 rings (SSSR count). The Morgan fingerprint density at radius 3 is 2.42 bits per heavy atom. The molecule has 0 spiro atoms. The number of nitrogens with zero attached hydrogens (tertiary/aromatic N) is 1. The van der Waals surface area contributed by atoms with Crippen LogP contribution in [0.2, 0.25) is 0 Å². The Kier molecular flexibility index (Phi) is 3.31. The van der Waals surface area contributed by atoms with Crippen molar-refractivity contribution < 1.29 is 4.79 Å². The van der Waals surface area contributed by atoms with E-state index in [4.69, 9.17) is 0 Å². The lowest BCUT2D eigenvalue weighted by Gasteiger charge is -2.22. The summed E-state index contributed by atoms with van der Waals surface area (Å²) < 4.78 is 0. The zero-order chi connectivity index (χ0) is 13.4. The Bertz CT molecular complexity index is 464. The molecule has 2 unspecified atom stereocenters. The first-order valence-electron chi connectivity index (χ1n) is 7.23. The van der Waals surface area contributed by atoms with E-state index in [1.54, 1.807) is 0 Å². The van der Waals surface area contributed by atoms with Gasteiger partial charge in [0.25, 0.3) is 0 Å². The van der Waals surface area contributed by atoms with Crippen molar-refractivity contribution in [1.82, 2.24) is 10.2 Å². The molecule has 1 aromatic rings. The van der Waals surface area contributed by atoms with Crippen molar-refractivity contribution in [2.45, 2.75) is 38.3 Å². The lowest BCUT2D eigenvalue weighted by Crippen LogP contribution is -2.39. The maximum atomic E-state index is 12.0. The second kappa shape index (κ2) is 4.97. The first kappa shape index (κ1) is 12.7. The van der Waals surface area contributed by atoms with Crippen LogP contribution in [0, 0.1) is 12.8 Å². The summed E-state index contributed by atoms with van der Waals surface area (Å²) in [7, 11) is 1.89. The molecule has 102 valence electrons. The number of nitrogens with one attached hydrogen (secondary N) is 1. The zero-order valence-electron chi connectivity index (χ0n) is 11.7. The van der Waals surface area contributed by atoms with E-state index in [1.165, 1.54) is 24.0 Å². The van der Waals surface area contributed by atoms with Gasteiger partial charge in [0.1, 0.15) is 0 Å². The van der Waals surface area contributed by atoms with Gasteiger partial charge in [-0.1, -0.05) is 29.8 Å². The fourth-order valence-corrected chi connectivity index (χ4v) is 2.90. The van der Waals surface area contributed by atoms with Gasteiger partial charge in [-0.15, -0.1) is 0 Å². The van der Waals surface area contributed by atoms with Gasteiger partial charge in [0.15, 0.2) is 0 Å². The highest BCUT2D eigenvalue weighted by molar-refractivity contribution is 5.83. The molecule has 1 saturated heterocycles. The highest BCUT2D eigenvalue weighted by Crippen LogP contribution is 2.41. The molecule has 1 saturated carbocycles. The summed E-state index contributed by atoms with van der Waals surface area (Å²) in [5, 5.41) is 3.60. The Morgan fingerprint density at radius 2 is 1.89 bits per heavy atom. The summed E-state index contributed by atoms with van der Waals surface area (Å²) in [5.41, 5.74) is 2.62. The van der Waals surface area contributed by atoms with E-state index in [0.29, 0.717) is 12.0 Å². The number of rotatable bonds is 4. The third kappa shape index (κ3) is 2.66. The van der Waals surface area contributed by atoms with Crippen molar-refractivity contribution in [3.63, 3.8) is 0 Å². The van der Waals surface area contributed by atoms with Crippen molar-refractivity contribution in [1.29, 1.82) is 0 Å². The number of benzene rings is 1. The van der Waals surface area contributed by atoms with E-state index >= 15 is 0 Å². The second-order valence-electron chi connectivity index (χ2n) is 5.99. The molecule has 2 aliphatic rings. The van der Waals surface area contributed by atoms with Crippen LogP contribution in [-0.2, 0) is 4.79 Å². The van der Waals surface area contributed by atoms with Crippen molar-refractivity contribution in [3.8, 4) is 0 Å². The predicted molar refractivity (Wildman–Crippen MR) is 75.8 cm³/mol. The summed E-state index contributed by atoms with van der Waals surface area (Å²) >= 11 is 0. The third-order valence-corrected chi connectivity index (χ3v) is 4.34. The summed E-state index contributed by atoms with van der Waals surface area (Å²) in [6, 6.07) is 9.09. The molecule has 1 heterocycles. The minimum atomic E-state index is 0.0110. The topological polar surface area (TPSA) is 32.3 Å². The van der Waals surface area contributed by atoms with Crippen LogP contribution in [-0.4, -0.2) is 30.4 Å². The molecule has 3 heteroatoms. The number of carbonyl (C=O) groups excluding carboxylic acids is 1. The number of hydrogen-bond acceptors (Lipinski definition) is 2.